The van der Waals surface area contributed by atoms with Crippen LogP contribution in [-0.4, -0.2) is 36.4 Å². The largest absolute Gasteiger partial charge is 0.462 e. The molecule has 0 bridgehead atoms. The number of rotatable bonds is 48. The SMILES string of the molecule is CC/C=C\C/C=C\C/C=C\C/C=C\C/C=C\C/C=C\C/C=C\CCCCCC(=O)OC(CO)COC(=O)CCCCCCCCCCCCCCC/C=C\CCCCCCCCCC. The van der Waals surface area contributed by atoms with E-state index in [0.29, 0.717) is 12.8 Å². The van der Waals surface area contributed by atoms with Crippen molar-refractivity contribution in [2.45, 2.75) is 251 Å². The summed E-state index contributed by atoms with van der Waals surface area (Å²) >= 11 is 0. The standard InChI is InChI=1S/C59H100O5/c1-3-5-7-9-11-13-15-17-19-21-23-25-27-29-31-33-35-37-39-41-43-45-47-49-51-53-58(61)63-56-57(55-60)64-59(62)54-52-50-48-46-44-42-40-38-36-34-32-30-28-26-24-22-20-18-16-14-12-10-8-6-4-2/h6,8,12,14,18,20-21,23-24,26,30,32,36,38,42,44,57,60H,3-5,7,9-11,13,15-17,19,22,25,27-29,31,33-35,37,39-41,43,45-56H2,1-2H3/b8-6-,14-12-,20-18-,23-21-,26-24-,32-30-,38-36-,44-42-. The Morgan fingerprint density at radius 3 is 1.05 bits per heavy atom. The van der Waals surface area contributed by atoms with Gasteiger partial charge in [0.25, 0.3) is 0 Å². The molecule has 1 N–H and O–H groups in total. The third-order valence-electron chi connectivity index (χ3n) is 11.4. The number of aliphatic hydroxyl groups is 1. The molecule has 0 aromatic heterocycles. The van der Waals surface area contributed by atoms with Gasteiger partial charge in [-0.3, -0.25) is 9.59 Å². The summed E-state index contributed by atoms with van der Waals surface area (Å²) in [5.74, 6) is -0.629. The number of carbonyl (C=O) groups excluding carboxylic acids is 2. The van der Waals surface area contributed by atoms with E-state index in [1.54, 1.807) is 0 Å². The Morgan fingerprint density at radius 1 is 0.375 bits per heavy atom. The van der Waals surface area contributed by atoms with Gasteiger partial charge in [-0.15, -0.1) is 0 Å². The Hall–Kier alpha value is -3.18. The summed E-state index contributed by atoms with van der Waals surface area (Å²) in [4.78, 5) is 24.5. The number of carbonyl (C=O) groups is 2. The van der Waals surface area contributed by atoms with Crippen LogP contribution in [0.4, 0.5) is 0 Å². The Labute approximate surface area is 396 Å². The lowest BCUT2D eigenvalue weighted by molar-refractivity contribution is -0.161. The molecule has 0 aliphatic rings. The molecule has 0 spiro atoms. The van der Waals surface area contributed by atoms with Gasteiger partial charge in [0.1, 0.15) is 6.61 Å². The van der Waals surface area contributed by atoms with Crippen molar-refractivity contribution in [3.8, 4) is 0 Å². The smallest absolute Gasteiger partial charge is 0.306 e. The third kappa shape index (κ3) is 51.5. The Balaban J connectivity index is 3.59. The molecule has 1 unspecified atom stereocenters. The van der Waals surface area contributed by atoms with E-state index in [2.05, 4.69) is 111 Å². The summed E-state index contributed by atoms with van der Waals surface area (Å²) in [6, 6.07) is 0. The summed E-state index contributed by atoms with van der Waals surface area (Å²) in [7, 11) is 0. The second kappa shape index (κ2) is 54.2. The number of ether oxygens (including phenoxy) is 2. The Bertz CT molecular complexity index is 1230. The van der Waals surface area contributed by atoms with Crippen LogP contribution in [0.2, 0.25) is 0 Å². The lowest BCUT2D eigenvalue weighted by Gasteiger charge is -2.15. The maximum absolute atomic E-state index is 12.3. The van der Waals surface area contributed by atoms with Gasteiger partial charge in [-0.1, -0.05) is 233 Å². The van der Waals surface area contributed by atoms with Gasteiger partial charge in [-0.2, -0.15) is 0 Å². The zero-order valence-electron chi connectivity index (χ0n) is 41.8. The summed E-state index contributed by atoms with van der Waals surface area (Å²) in [6.45, 7) is 4.01. The molecule has 0 saturated heterocycles. The van der Waals surface area contributed by atoms with Crippen LogP contribution in [0.15, 0.2) is 97.2 Å². The van der Waals surface area contributed by atoms with Crippen molar-refractivity contribution in [1.29, 1.82) is 0 Å². The second-order valence-corrected chi connectivity index (χ2v) is 17.6. The van der Waals surface area contributed by atoms with Crippen LogP contribution >= 0.6 is 0 Å². The van der Waals surface area contributed by atoms with Crippen LogP contribution in [0.1, 0.15) is 245 Å². The number of unbranched alkanes of at least 4 members (excludes halogenated alkanes) is 24. The first-order valence-electron chi connectivity index (χ1n) is 26.8. The number of aliphatic hydroxyl groups excluding tert-OH is 1. The van der Waals surface area contributed by atoms with Gasteiger partial charge in [-0.25, -0.2) is 0 Å². The van der Waals surface area contributed by atoms with Crippen molar-refractivity contribution in [3.05, 3.63) is 97.2 Å². The summed E-state index contributed by atoms with van der Waals surface area (Å²) in [5, 5.41) is 9.64. The zero-order chi connectivity index (χ0) is 46.3. The molecule has 0 fully saturated rings. The molecule has 5 nitrogen and oxygen atoms in total. The average molecular weight is 889 g/mol. The number of allylic oxidation sites excluding steroid dienone is 16. The molecule has 1 atom stereocenters. The van der Waals surface area contributed by atoms with Crippen LogP contribution in [0.3, 0.4) is 0 Å². The normalized spacial score (nSPS) is 13.0. The highest BCUT2D eigenvalue weighted by atomic mass is 16.6. The lowest BCUT2D eigenvalue weighted by Crippen LogP contribution is -2.28. The minimum atomic E-state index is -0.796. The van der Waals surface area contributed by atoms with Crippen molar-refractivity contribution >= 4 is 11.9 Å². The predicted octanol–water partition coefficient (Wildman–Crippen LogP) is 18.0. The summed E-state index contributed by atoms with van der Waals surface area (Å²) in [5.41, 5.74) is 0. The highest BCUT2D eigenvalue weighted by molar-refractivity contribution is 5.70. The molecule has 0 aliphatic carbocycles. The monoisotopic (exact) mass is 889 g/mol. The first kappa shape index (κ1) is 60.8. The van der Waals surface area contributed by atoms with E-state index in [0.717, 1.165) is 89.9 Å². The van der Waals surface area contributed by atoms with Gasteiger partial charge in [0.05, 0.1) is 6.61 Å². The average Bonchev–Trinajstić information content (AvgIpc) is 3.30. The van der Waals surface area contributed by atoms with E-state index in [4.69, 9.17) is 9.47 Å². The van der Waals surface area contributed by atoms with Gasteiger partial charge in [0.15, 0.2) is 6.10 Å². The third-order valence-corrected chi connectivity index (χ3v) is 11.4. The first-order valence-corrected chi connectivity index (χ1v) is 26.8. The highest BCUT2D eigenvalue weighted by Crippen LogP contribution is 2.15. The molecule has 0 amide bonds. The van der Waals surface area contributed by atoms with E-state index in [1.165, 1.54) is 128 Å². The summed E-state index contributed by atoms with van der Waals surface area (Å²) in [6.07, 6.45) is 76.5. The molecule has 366 valence electrons. The maximum atomic E-state index is 12.3. The molecule has 5 heteroatoms. The number of hydrogen-bond donors (Lipinski definition) is 1. The number of hydrogen-bond acceptors (Lipinski definition) is 5. The Kier molecular flexibility index (Phi) is 51.5. The van der Waals surface area contributed by atoms with Gasteiger partial charge in [-0.05, 0) is 96.3 Å². The molecule has 64 heavy (non-hydrogen) atoms. The quantitative estimate of drug-likeness (QED) is 0.0374. The first-order chi connectivity index (χ1) is 31.6. The highest BCUT2D eigenvalue weighted by Gasteiger charge is 2.16. The molecule has 0 rings (SSSR count). The van der Waals surface area contributed by atoms with Crippen LogP contribution in [-0.2, 0) is 19.1 Å². The van der Waals surface area contributed by atoms with Crippen LogP contribution in [0.25, 0.3) is 0 Å². The van der Waals surface area contributed by atoms with E-state index in [1.807, 2.05) is 0 Å². The van der Waals surface area contributed by atoms with E-state index < -0.39 is 6.10 Å². The fraction of sp³-hybridized carbons (Fsp3) is 0.695. The topological polar surface area (TPSA) is 72.8 Å². The maximum Gasteiger partial charge on any atom is 0.306 e. The lowest BCUT2D eigenvalue weighted by atomic mass is 10.0. The van der Waals surface area contributed by atoms with Crippen LogP contribution in [0, 0.1) is 0 Å². The Morgan fingerprint density at radius 2 is 0.672 bits per heavy atom. The van der Waals surface area contributed by atoms with E-state index in [-0.39, 0.29) is 25.2 Å². The van der Waals surface area contributed by atoms with Crippen LogP contribution in [0.5, 0.6) is 0 Å². The van der Waals surface area contributed by atoms with Gasteiger partial charge >= 0.3 is 11.9 Å². The molecule has 0 heterocycles. The van der Waals surface area contributed by atoms with Gasteiger partial charge < -0.3 is 14.6 Å². The van der Waals surface area contributed by atoms with E-state index in [9.17, 15) is 14.7 Å². The van der Waals surface area contributed by atoms with E-state index >= 15 is 0 Å². The molecule has 0 radical (unpaired) electrons. The molecule has 0 aliphatic heterocycles. The summed E-state index contributed by atoms with van der Waals surface area (Å²) < 4.78 is 10.7. The minimum Gasteiger partial charge on any atom is -0.462 e. The molecule has 0 aromatic rings. The second-order valence-electron chi connectivity index (χ2n) is 17.6. The predicted molar refractivity (Wildman–Crippen MR) is 279 cm³/mol. The van der Waals surface area contributed by atoms with Gasteiger partial charge in [0.2, 0.25) is 0 Å². The molecular formula is C59H100O5. The fourth-order valence-electron chi connectivity index (χ4n) is 7.35. The van der Waals surface area contributed by atoms with Crippen molar-refractivity contribution in [1.82, 2.24) is 0 Å². The number of esters is 2. The zero-order valence-corrected chi connectivity index (χ0v) is 41.8. The fourth-order valence-corrected chi connectivity index (χ4v) is 7.35. The van der Waals surface area contributed by atoms with Crippen molar-refractivity contribution in [2.75, 3.05) is 13.2 Å². The van der Waals surface area contributed by atoms with Gasteiger partial charge in [0, 0.05) is 12.8 Å². The molecule has 0 aromatic carbocycles. The van der Waals surface area contributed by atoms with Crippen molar-refractivity contribution in [3.63, 3.8) is 0 Å². The van der Waals surface area contributed by atoms with Crippen LogP contribution < -0.4 is 0 Å². The minimum absolute atomic E-state index is 0.0839. The molecular weight excluding hydrogens is 789 g/mol. The molecule has 0 saturated carbocycles. The van der Waals surface area contributed by atoms with Crippen molar-refractivity contribution in [2.24, 2.45) is 0 Å². The van der Waals surface area contributed by atoms with Crippen molar-refractivity contribution < 1.29 is 24.2 Å².